The summed E-state index contributed by atoms with van der Waals surface area (Å²) in [5.74, 6) is 0.544. The van der Waals surface area contributed by atoms with E-state index < -0.39 is 0 Å². The van der Waals surface area contributed by atoms with Gasteiger partial charge in [0.05, 0.1) is 6.04 Å². The smallest absolute Gasteiger partial charge is 0.0515 e. The van der Waals surface area contributed by atoms with Gasteiger partial charge in [0.2, 0.25) is 0 Å². The van der Waals surface area contributed by atoms with Gasteiger partial charge in [-0.2, -0.15) is 0 Å². The standard InChI is InChI=1S/C23H34N4/c1-17(2)27(4)16-20-7-5-6-19(12-20)13-24-14-22-15-25-26-23(22)21-10-8-18(3)9-11-21/h5-12,17,22-26H,13-16H2,1-4H3. The summed E-state index contributed by atoms with van der Waals surface area (Å²) in [5.41, 5.74) is 12.2. The third-order valence-electron chi connectivity index (χ3n) is 5.57. The fourth-order valence-electron chi connectivity index (χ4n) is 3.57. The summed E-state index contributed by atoms with van der Waals surface area (Å²) in [7, 11) is 2.18. The van der Waals surface area contributed by atoms with Crippen LogP contribution in [-0.2, 0) is 13.1 Å². The second kappa shape index (κ2) is 9.47. The Bertz CT molecular complexity index is 711. The lowest BCUT2D eigenvalue weighted by molar-refractivity contribution is 0.265. The van der Waals surface area contributed by atoms with E-state index in [1.165, 1.54) is 22.3 Å². The SMILES string of the molecule is Cc1ccc(C2NNCC2CNCc2cccc(CN(C)C(C)C)c2)cc1. The number of nitrogens with one attached hydrogen (secondary N) is 3. The molecule has 2 atom stereocenters. The van der Waals surface area contributed by atoms with Crippen LogP contribution in [0.15, 0.2) is 48.5 Å². The molecule has 1 fully saturated rings. The molecule has 3 rings (SSSR count). The van der Waals surface area contributed by atoms with E-state index in [0.717, 1.165) is 26.2 Å². The largest absolute Gasteiger partial charge is 0.312 e. The van der Waals surface area contributed by atoms with Crippen LogP contribution in [0.3, 0.4) is 0 Å². The van der Waals surface area contributed by atoms with E-state index in [0.29, 0.717) is 18.0 Å². The van der Waals surface area contributed by atoms with Gasteiger partial charge in [-0.25, -0.2) is 5.43 Å². The first-order chi connectivity index (χ1) is 13.0. The zero-order valence-corrected chi connectivity index (χ0v) is 17.1. The zero-order valence-electron chi connectivity index (χ0n) is 17.1. The highest BCUT2D eigenvalue weighted by atomic mass is 15.4. The Labute approximate surface area is 164 Å². The van der Waals surface area contributed by atoms with Gasteiger partial charge in [-0.3, -0.25) is 10.3 Å². The van der Waals surface area contributed by atoms with Crippen LogP contribution >= 0.6 is 0 Å². The number of benzene rings is 2. The minimum absolute atomic E-state index is 0.365. The van der Waals surface area contributed by atoms with Crippen LogP contribution in [0.1, 0.15) is 42.1 Å². The van der Waals surface area contributed by atoms with Crippen molar-refractivity contribution in [2.75, 3.05) is 20.1 Å². The molecule has 146 valence electrons. The Kier molecular flexibility index (Phi) is 7.02. The molecule has 1 aliphatic heterocycles. The number of aryl methyl sites for hydroxylation is 1. The Morgan fingerprint density at radius 3 is 2.59 bits per heavy atom. The maximum atomic E-state index is 3.66. The minimum Gasteiger partial charge on any atom is -0.312 e. The summed E-state index contributed by atoms with van der Waals surface area (Å²) >= 11 is 0. The van der Waals surface area contributed by atoms with Gasteiger partial charge in [-0.1, -0.05) is 54.1 Å². The monoisotopic (exact) mass is 366 g/mol. The molecule has 0 aliphatic carbocycles. The van der Waals surface area contributed by atoms with Gasteiger partial charge in [0.25, 0.3) is 0 Å². The third kappa shape index (κ3) is 5.63. The molecule has 0 saturated carbocycles. The van der Waals surface area contributed by atoms with E-state index >= 15 is 0 Å². The second-order valence-electron chi connectivity index (χ2n) is 8.13. The maximum absolute atomic E-state index is 3.66. The van der Waals surface area contributed by atoms with Crippen molar-refractivity contribution >= 4 is 0 Å². The fourth-order valence-corrected chi connectivity index (χ4v) is 3.57. The molecule has 27 heavy (non-hydrogen) atoms. The van der Waals surface area contributed by atoms with Crippen molar-refractivity contribution in [3.05, 3.63) is 70.8 Å². The number of rotatable bonds is 8. The maximum Gasteiger partial charge on any atom is 0.0515 e. The molecule has 1 aliphatic rings. The highest BCUT2D eigenvalue weighted by Crippen LogP contribution is 2.24. The lowest BCUT2D eigenvalue weighted by atomic mass is 9.94. The third-order valence-corrected chi connectivity index (χ3v) is 5.57. The molecule has 0 radical (unpaired) electrons. The first-order valence-corrected chi connectivity index (χ1v) is 10.1. The average molecular weight is 367 g/mol. The van der Waals surface area contributed by atoms with E-state index in [4.69, 9.17) is 0 Å². The summed E-state index contributed by atoms with van der Waals surface area (Å²) in [6, 6.07) is 18.7. The highest BCUT2D eigenvalue weighted by Gasteiger charge is 2.27. The molecule has 1 saturated heterocycles. The predicted octanol–water partition coefficient (Wildman–Crippen LogP) is 3.39. The Morgan fingerprint density at radius 1 is 1.11 bits per heavy atom. The van der Waals surface area contributed by atoms with Gasteiger partial charge in [-0.15, -0.1) is 0 Å². The normalized spacial score (nSPS) is 19.9. The molecule has 2 aromatic carbocycles. The average Bonchev–Trinajstić information content (AvgIpc) is 3.11. The molecule has 3 N–H and O–H groups in total. The summed E-state index contributed by atoms with van der Waals surface area (Å²) in [5, 5.41) is 3.66. The van der Waals surface area contributed by atoms with Crippen LogP contribution in [0.4, 0.5) is 0 Å². The van der Waals surface area contributed by atoms with Crippen molar-refractivity contribution in [3.8, 4) is 0 Å². The Hall–Kier alpha value is -1.72. The van der Waals surface area contributed by atoms with Gasteiger partial charge in [-0.05, 0) is 44.5 Å². The predicted molar refractivity (Wildman–Crippen MR) is 113 cm³/mol. The van der Waals surface area contributed by atoms with Crippen molar-refractivity contribution in [2.45, 2.75) is 45.9 Å². The topological polar surface area (TPSA) is 39.3 Å². The van der Waals surface area contributed by atoms with Crippen molar-refractivity contribution < 1.29 is 0 Å². The molecule has 0 aromatic heterocycles. The molecule has 0 bridgehead atoms. The van der Waals surface area contributed by atoms with Gasteiger partial charge in [0.1, 0.15) is 0 Å². The second-order valence-corrected chi connectivity index (χ2v) is 8.13. The lowest BCUT2D eigenvalue weighted by Gasteiger charge is -2.21. The molecular formula is C23H34N4. The molecule has 2 aromatic rings. The van der Waals surface area contributed by atoms with E-state index in [-0.39, 0.29) is 0 Å². The van der Waals surface area contributed by atoms with Crippen molar-refractivity contribution in [1.82, 2.24) is 21.1 Å². The van der Waals surface area contributed by atoms with Crippen molar-refractivity contribution in [1.29, 1.82) is 0 Å². The van der Waals surface area contributed by atoms with Gasteiger partial charge < -0.3 is 5.32 Å². The van der Waals surface area contributed by atoms with E-state index in [9.17, 15) is 0 Å². The molecule has 4 nitrogen and oxygen atoms in total. The number of nitrogens with zero attached hydrogens (tertiary/aromatic N) is 1. The van der Waals surface area contributed by atoms with Gasteiger partial charge >= 0.3 is 0 Å². The number of hydrazine groups is 1. The van der Waals surface area contributed by atoms with Crippen molar-refractivity contribution in [3.63, 3.8) is 0 Å². The van der Waals surface area contributed by atoms with Crippen LogP contribution in [0.25, 0.3) is 0 Å². The fraction of sp³-hybridized carbons (Fsp3) is 0.478. The van der Waals surface area contributed by atoms with E-state index in [1.54, 1.807) is 0 Å². The summed E-state index contributed by atoms with van der Waals surface area (Å²) in [4.78, 5) is 2.37. The van der Waals surface area contributed by atoms with Gasteiger partial charge in [0.15, 0.2) is 0 Å². The molecular weight excluding hydrogens is 332 g/mol. The van der Waals surface area contributed by atoms with Crippen LogP contribution in [0, 0.1) is 12.8 Å². The number of hydrogen-bond donors (Lipinski definition) is 3. The zero-order chi connectivity index (χ0) is 19.2. The molecule has 2 unspecified atom stereocenters. The van der Waals surface area contributed by atoms with Crippen LogP contribution in [0.5, 0.6) is 0 Å². The molecule has 4 heteroatoms. The lowest BCUT2D eigenvalue weighted by Crippen LogP contribution is -2.28. The Morgan fingerprint density at radius 2 is 1.85 bits per heavy atom. The molecule has 0 spiro atoms. The van der Waals surface area contributed by atoms with E-state index in [1.807, 2.05) is 0 Å². The highest BCUT2D eigenvalue weighted by molar-refractivity contribution is 5.26. The first kappa shape index (κ1) is 20.0. The summed E-state index contributed by atoms with van der Waals surface area (Å²) in [6.07, 6.45) is 0. The number of hydrogen-bond acceptors (Lipinski definition) is 4. The summed E-state index contributed by atoms with van der Waals surface area (Å²) in [6.45, 7) is 10.5. The van der Waals surface area contributed by atoms with E-state index in [2.05, 4.69) is 97.4 Å². The minimum atomic E-state index is 0.365. The van der Waals surface area contributed by atoms with Crippen LogP contribution in [0.2, 0.25) is 0 Å². The Balaban J connectivity index is 1.52. The van der Waals surface area contributed by atoms with Crippen LogP contribution in [-0.4, -0.2) is 31.1 Å². The van der Waals surface area contributed by atoms with Crippen LogP contribution < -0.4 is 16.2 Å². The van der Waals surface area contributed by atoms with Crippen molar-refractivity contribution in [2.24, 2.45) is 5.92 Å². The summed E-state index contributed by atoms with van der Waals surface area (Å²) < 4.78 is 0. The van der Waals surface area contributed by atoms with Gasteiger partial charge in [0, 0.05) is 38.1 Å². The molecule has 0 amide bonds. The first-order valence-electron chi connectivity index (χ1n) is 10.1. The quantitative estimate of drug-likeness (QED) is 0.670. The molecule has 1 heterocycles.